The number of benzene rings is 1. The van der Waals surface area contributed by atoms with Crippen molar-refractivity contribution >= 4 is 5.69 Å². The molecule has 0 unspecified atom stereocenters. The Labute approximate surface area is 129 Å². The van der Waals surface area contributed by atoms with Gasteiger partial charge in [-0.15, -0.1) is 0 Å². The van der Waals surface area contributed by atoms with Crippen molar-refractivity contribution in [2.24, 2.45) is 0 Å². The van der Waals surface area contributed by atoms with Gasteiger partial charge >= 0.3 is 0 Å². The van der Waals surface area contributed by atoms with Crippen LogP contribution >= 0.6 is 0 Å². The van der Waals surface area contributed by atoms with Crippen molar-refractivity contribution in [2.75, 3.05) is 38.3 Å². The standard InChI is InChI=1S/C18H30N2O/c1-16-14-17(15-19-10-13-21-2)8-9-18(16)20-11-6-4-3-5-7-12-20/h8-9,14,19H,3-7,10-13,15H2,1-2H3. The van der Waals surface area contributed by atoms with E-state index in [4.69, 9.17) is 4.74 Å². The Bertz CT molecular complexity index is 412. The maximum Gasteiger partial charge on any atom is 0.0587 e. The fraction of sp³-hybridized carbons (Fsp3) is 0.667. The summed E-state index contributed by atoms with van der Waals surface area (Å²) in [5.74, 6) is 0. The summed E-state index contributed by atoms with van der Waals surface area (Å²) >= 11 is 0. The Balaban J connectivity index is 1.94. The highest BCUT2D eigenvalue weighted by Gasteiger charge is 2.11. The second-order valence-electron chi connectivity index (χ2n) is 6.05. The number of anilines is 1. The third-order valence-corrected chi connectivity index (χ3v) is 4.27. The summed E-state index contributed by atoms with van der Waals surface area (Å²) in [6.07, 6.45) is 6.85. The summed E-state index contributed by atoms with van der Waals surface area (Å²) in [5, 5.41) is 3.41. The lowest BCUT2D eigenvalue weighted by atomic mass is 10.0. The maximum atomic E-state index is 5.05. The highest BCUT2D eigenvalue weighted by Crippen LogP contribution is 2.24. The maximum absolute atomic E-state index is 5.05. The van der Waals surface area contributed by atoms with Crippen molar-refractivity contribution in [3.63, 3.8) is 0 Å². The van der Waals surface area contributed by atoms with Gasteiger partial charge in [0.1, 0.15) is 0 Å². The molecule has 1 N–H and O–H groups in total. The molecule has 1 aromatic rings. The number of ether oxygens (including phenoxy) is 1. The number of hydrogen-bond acceptors (Lipinski definition) is 3. The molecule has 1 aliphatic rings. The van der Waals surface area contributed by atoms with Crippen LogP contribution in [0.25, 0.3) is 0 Å². The summed E-state index contributed by atoms with van der Waals surface area (Å²) < 4.78 is 5.05. The first-order chi connectivity index (χ1) is 10.3. The fourth-order valence-corrected chi connectivity index (χ4v) is 3.08. The number of nitrogens with one attached hydrogen (secondary N) is 1. The van der Waals surface area contributed by atoms with Crippen molar-refractivity contribution in [1.82, 2.24) is 5.32 Å². The second kappa shape index (κ2) is 9.06. The molecular weight excluding hydrogens is 260 g/mol. The van der Waals surface area contributed by atoms with E-state index in [1.165, 1.54) is 62.0 Å². The summed E-state index contributed by atoms with van der Waals surface area (Å²) in [7, 11) is 1.74. The van der Waals surface area contributed by atoms with Crippen LogP contribution in [-0.2, 0) is 11.3 Å². The molecule has 1 aliphatic heterocycles. The molecule has 118 valence electrons. The Hall–Kier alpha value is -1.06. The van der Waals surface area contributed by atoms with E-state index in [1.54, 1.807) is 7.11 Å². The van der Waals surface area contributed by atoms with Crippen LogP contribution < -0.4 is 10.2 Å². The van der Waals surface area contributed by atoms with Gasteiger partial charge in [-0.3, -0.25) is 0 Å². The first kappa shape index (κ1) is 16.3. The van der Waals surface area contributed by atoms with Gasteiger partial charge in [0.2, 0.25) is 0 Å². The molecule has 1 aromatic carbocycles. The van der Waals surface area contributed by atoms with Gasteiger partial charge in [-0.25, -0.2) is 0 Å². The van der Waals surface area contributed by atoms with Gasteiger partial charge in [0.15, 0.2) is 0 Å². The first-order valence-corrected chi connectivity index (χ1v) is 8.35. The topological polar surface area (TPSA) is 24.5 Å². The molecule has 0 amide bonds. The van der Waals surface area contributed by atoms with E-state index in [2.05, 4.69) is 35.3 Å². The van der Waals surface area contributed by atoms with Gasteiger partial charge in [-0.1, -0.05) is 31.4 Å². The Morgan fingerprint density at radius 2 is 1.81 bits per heavy atom. The lowest BCUT2D eigenvalue weighted by Crippen LogP contribution is -2.27. The molecule has 0 atom stereocenters. The van der Waals surface area contributed by atoms with Crippen LogP contribution in [0.3, 0.4) is 0 Å². The molecule has 0 spiro atoms. The minimum Gasteiger partial charge on any atom is -0.383 e. The van der Waals surface area contributed by atoms with Crippen LogP contribution in [0.4, 0.5) is 5.69 Å². The molecule has 1 fully saturated rings. The smallest absolute Gasteiger partial charge is 0.0587 e. The number of hydrogen-bond donors (Lipinski definition) is 1. The zero-order chi connectivity index (χ0) is 14.9. The lowest BCUT2D eigenvalue weighted by Gasteiger charge is -2.28. The minimum atomic E-state index is 0.769. The van der Waals surface area contributed by atoms with E-state index in [1.807, 2.05) is 0 Å². The third-order valence-electron chi connectivity index (χ3n) is 4.27. The highest BCUT2D eigenvalue weighted by molar-refractivity contribution is 5.54. The van der Waals surface area contributed by atoms with Crippen molar-refractivity contribution < 1.29 is 4.74 Å². The molecule has 3 nitrogen and oxygen atoms in total. The van der Waals surface area contributed by atoms with Gasteiger partial charge in [-0.2, -0.15) is 0 Å². The highest BCUT2D eigenvalue weighted by atomic mass is 16.5. The molecule has 3 heteroatoms. The predicted molar refractivity (Wildman–Crippen MR) is 90.1 cm³/mol. The lowest BCUT2D eigenvalue weighted by molar-refractivity contribution is 0.199. The third kappa shape index (κ3) is 5.33. The van der Waals surface area contributed by atoms with Crippen molar-refractivity contribution in [3.05, 3.63) is 29.3 Å². The molecule has 0 aromatic heterocycles. The molecule has 0 saturated carbocycles. The second-order valence-corrected chi connectivity index (χ2v) is 6.05. The van der Waals surface area contributed by atoms with Crippen molar-refractivity contribution in [3.8, 4) is 0 Å². The van der Waals surface area contributed by atoms with E-state index in [0.717, 1.165) is 19.7 Å². The molecule has 1 saturated heterocycles. The first-order valence-electron chi connectivity index (χ1n) is 8.35. The SMILES string of the molecule is COCCNCc1ccc(N2CCCCCCC2)c(C)c1. The monoisotopic (exact) mass is 290 g/mol. The molecule has 0 bridgehead atoms. The van der Waals surface area contributed by atoms with Crippen LogP contribution in [0.2, 0.25) is 0 Å². The molecular formula is C18H30N2O. The van der Waals surface area contributed by atoms with E-state index in [-0.39, 0.29) is 0 Å². The van der Waals surface area contributed by atoms with E-state index >= 15 is 0 Å². The molecule has 2 rings (SSSR count). The van der Waals surface area contributed by atoms with Gasteiger partial charge < -0.3 is 15.0 Å². The molecule has 0 aliphatic carbocycles. The number of nitrogens with zero attached hydrogens (tertiary/aromatic N) is 1. The minimum absolute atomic E-state index is 0.769. The van der Waals surface area contributed by atoms with Gasteiger partial charge in [0.25, 0.3) is 0 Å². The zero-order valence-electron chi connectivity index (χ0n) is 13.7. The normalized spacial score (nSPS) is 16.6. The molecule has 0 radical (unpaired) electrons. The van der Waals surface area contributed by atoms with E-state index < -0.39 is 0 Å². The van der Waals surface area contributed by atoms with Crippen LogP contribution in [0, 0.1) is 6.92 Å². The quantitative estimate of drug-likeness (QED) is 0.812. The van der Waals surface area contributed by atoms with Gasteiger partial charge in [-0.05, 0) is 37.0 Å². The van der Waals surface area contributed by atoms with Crippen molar-refractivity contribution in [1.29, 1.82) is 0 Å². The zero-order valence-corrected chi connectivity index (χ0v) is 13.7. The van der Waals surface area contributed by atoms with Crippen molar-refractivity contribution in [2.45, 2.75) is 45.6 Å². The van der Waals surface area contributed by atoms with E-state index in [9.17, 15) is 0 Å². The Morgan fingerprint density at radius 1 is 1.10 bits per heavy atom. The van der Waals surface area contributed by atoms with Crippen LogP contribution in [0.1, 0.15) is 43.2 Å². The van der Waals surface area contributed by atoms with E-state index in [0.29, 0.717) is 0 Å². The van der Waals surface area contributed by atoms with Gasteiger partial charge in [0.05, 0.1) is 6.61 Å². The predicted octanol–water partition coefficient (Wildman–Crippen LogP) is 3.50. The average Bonchev–Trinajstić information content (AvgIpc) is 2.44. The van der Waals surface area contributed by atoms with Crippen LogP contribution in [0.15, 0.2) is 18.2 Å². The molecule has 21 heavy (non-hydrogen) atoms. The van der Waals surface area contributed by atoms with Crippen LogP contribution in [0.5, 0.6) is 0 Å². The Kier molecular flexibility index (Phi) is 7.04. The average molecular weight is 290 g/mol. The fourth-order valence-electron chi connectivity index (χ4n) is 3.08. The Morgan fingerprint density at radius 3 is 2.48 bits per heavy atom. The summed E-state index contributed by atoms with van der Waals surface area (Å²) in [5.41, 5.74) is 4.19. The summed E-state index contributed by atoms with van der Waals surface area (Å²) in [4.78, 5) is 2.58. The van der Waals surface area contributed by atoms with Crippen LogP contribution in [-0.4, -0.2) is 33.4 Å². The number of methoxy groups -OCH3 is 1. The number of aryl methyl sites for hydroxylation is 1. The summed E-state index contributed by atoms with van der Waals surface area (Å²) in [6.45, 7) is 7.27. The largest absolute Gasteiger partial charge is 0.383 e. The molecule has 1 heterocycles. The van der Waals surface area contributed by atoms with Gasteiger partial charge in [0, 0.05) is 39.0 Å². The summed E-state index contributed by atoms with van der Waals surface area (Å²) in [6, 6.07) is 6.90. The number of rotatable bonds is 6.